The van der Waals surface area contributed by atoms with E-state index >= 15 is 0 Å². The molecule has 5 aliphatic carbocycles. The number of aliphatic carboxylic acids is 1. The first-order valence-corrected chi connectivity index (χ1v) is 14.0. The summed E-state index contributed by atoms with van der Waals surface area (Å²) < 4.78 is 0. The number of aliphatic hydroxyl groups excluding tert-OH is 3. The van der Waals surface area contributed by atoms with Crippen LogP contribution in [0.2, 0.25) is 0 Å². The van der Waals surface area contributed by atoms with Crippen molar-refractivity contribution in [3.8, 4) is 0 Å². The van der Waals surface area contributed by atoms with E-state index in [1.54, 1.807) is 0 Å². The molecule has 0 spiro atoms. The van der Waals surface area contributed by atoms with Crippen LogP contribution in [0.25, 0.3) is 0 Å². The largest absolute Gasteiger partial charge is 0.481 e. The van der Waals surface area contributed by atoms with E-state index in [1.807, 2.05) is 6.92 Å². The molecule has 5 aliphatic rings. The van der Waals surface area contributed by atoms with Gasteiger partial charge in [0.05, 0.1) is 24.2 Å². The fraction of sp³-hybridized carbons (Fsp3) is 0.900. The number of hydrogen-bond donors (Lipinski definition) is 4. The fourth-order valence-corrected chi connectivity index (χ4v) is 10.8. The Labute approximate surface area is 211 Å². The number of hydrogen-bond acceptors (Lipinski definition) is 4. The number of fused-ring (bicyclic) bond motifs is 7. The maximum absolute atomic E-state index is 12.8. The first kappa shape index (κ1) is 25.7. The summed E-state index contributed by atoms with van der Waals surface area (Å²) in [5, 5.41) is 42.8. The van der Waals surface area contributed by atoms with Crippen LogP contribution in [0.1, 0.15) is 99.3 Å². The SMILES string of the molecule is CC1(C)CC[C@]2(C(=O)O)CC[C@]3(C)C(=CC[C@H]4[C@@]5(C)C[C@@H](O)[C@H](O)[C@@](C)(CO)[C@@H]5CC[C@]43C)[C@H]2C1. The second kappa shape index (κ2) is 7.57. The molecule has 0 radical (unpaired) electrons. The molecule has 4 fully saturated rings. The van der Waals surface area contributed by atoms with Crippen LogP contribution < -0.4 is 0 Å². The Morgan fingerprint density at radius 2 is 1.60 bits per heavy atom. The van der Waals surface area contributed by atoms with Crippen molar-refractivity contribution in [2.24, 2.45) is 50.2 Å². The molecule has 5 heteroatoms. The van der Waals surface area contributed by atoms with Gasteiger partial charge in [-0.2, -0.15) is 0 Å². The molecule has 0 aliphatic heterocycles. The molecule has 0 unspecified atom stereocenters. The Kier molecular flexibility index (Phi) is 5.56. The highest BCUT2D eigenvalue weighted by molar-refractivity contribution is 5.76. The van der Waals surface area contributed by atoms with E-state index in [2.05, 4.69) is 40.7 Å². The van der Waals surface area contributed by atoms with Gasteiger partial charge in [-0.25, -0.2) is 0 Å². The monoisotopic (exact) mass is 488 g/mol. The number of carboxylic acids is 1. The van der Waals surface area contributed by atoms with Gasteiger partial charge in [0.1, 0.15) is 0 Å². The van der Waals surface area contributed by atoms with Gasteiger partial charge in [-0.05, 0) is 97.2 Å². The minimum absolute atomic E-state index is 0.00698. The van der Waals surface area contributed by atoms with Gasteiger partial charge in [0.25, 0.3) is 0 Å². The zero-order valence-electron chi connectivity index (χ0n) is 22.7. The van der Waals surface area contributed by atoms with Crippen molar-refractivity contribution in [3.05, 3.63) is 11.6 Å². The van der Waals surface area contributed by atoms with E-state index in [4.69, 9.17) is 0 Å². The van der Waals surface area contributed by atoms with Crippen LogP contribution in [-0.2, 0) is 4.79 Å². The third-order valence-corrected chi connectivity index (χ3v) is 13.2. The van der Waals surface area contributed by atoms with Gasteiger partial charge >= 0.3 is 5.97 Å². The Morgan fingerprint density at radius 1 is 0.943 bits per heavy atom. The van der Waals surface area contributed by atoms with Crippen LogP contribution >= 0.6 is 0 Å². The van der Waals surface area contributed by atoms with Crippen LogP contribution in [-0.4, -0.2) is 45.2 Å². The molecule has 198 valence electrons. The topological polar surface area (TPSA) is 98.0 Å². The van der Waals surface area contributed by atoms with Crippen molar-refractivity contribution in [1.29, 1.82) is 0 Å². The summed E-state index contributed by atoms with van der Waals surface area (Å²) in [6, 6.07) is 0. The van der Waals surface area contributed by atoms with Gasteiger partial charge in [0.2, 0.25) is 0 Å². The highest BCUT2D eigenvalue weighted by atomic mass is 16.4. The van der Waals surface area contributed by atoms with E-state index in [9.17, 15) is 25.2 Å². The number of rotatable bonds is 2. The molecular formula is C30H48O5. The first-order valence-electron chi connectivity index (χ1n) is 14.0. The van der Waals surface area contributed by atoms with Gasteiger partial charge in [-0.3, -0.25) is 4.79 Å². The standard InChI is InChI=1S/C30H48O5/c1-25(2)11-13-30(24(34)35)14-12-28(5)18(19(30)15-25)7-8-22-26(3)16-20(32)23(33)27(4,17-31)21(26)9-10-29(22,28)6/h7,19-23,31-33H,8-17H2,1-6H3,(H,34,35)/t19-,20-,21-,22+,23+,26+,27+,28-,29-,30+/m1/s1. The van der Waals surface area contributed by atoms with Crippen molar-refractivity contribution < 1.29 is 25.2 Å². The van der Waals surface area contributed by atoms with Crippen LogP contribution in [0.3, 0.4) is 0 Å². The average Bonchev–Trinajstić information content (AvgIpc) is 2.77. The van der Waals surface area contributed by atoms with Crippen LogP contribution in [0, 0.1) is 50.2 Å². The molecule has 4 N–H and O–H groups in total. The lowest BCUT2D eigenvalue weighted by molar-refractivity contribution is -0.243. The Morgan fingerprint density at radius 3 is 2.23 bits per heavy atom. The van der Waals surface area contributed by atoms with Crippen LogP contribution in [0.5, 0.6) is 0 Å². The highest BCUT2D eigenvalue weighted by Gasteiger charge is 2.70. The third-order valence-electron chi connectivity index (χ3n) is 13.2. The summed E-state index contributed by atoms with van der Waals surface area (Å²) in [6.45, 7) is 13.6. The molecule has 4 saturated carbocycles. The second-order valence-electron chi connectivity index (χ2n) is 15.1. The van der Waals surface area contributed by atoms with Crippen molar-refractivity contribution in [1.82, 2.24) is 0 Å². The summed E-state index contributed by atoms with van der Waals surface area (Å²) in [4.78, 5) is 12.8. The normalized spacial score (nSPS) is 55.0. The molecule has 35 heavy (non-hydrogen) atoms. The molecule has 0 saturated heterocycles. The summed E-state index contributed by atoms with van der Waals surface area (Å²) in [5.74, 6) is -0.0472. The smallest absolute Gasteiger partial charge is 0.310 e. The summed E-state index contributed by atoms with van der Waals surface area (Å²) in [7, 11) is 0. The number of carboxylic acid groups (broad SMARTS) is 1. The van der Waals surface area contributed by atoms with E-state index in [1.165, 1.54) is 5.57 Å². The Bertz CT molecular complexity index is 941. The molecule has 0 aromatic rings. The molecule has 5 rings (SSSR count). The van der Waals surface area contributed by atoms with Gasteiger partial charge in [-0.15, -0.1) is 0 Å². The van der Waals surface area contributed by atoms with Crippen molar-refractivity contribution in [3.63, 3.8) is 0 Å². The molecule has 10 atom stereocenters. The van der Waals surface area contributed by atoms with Crippen molar-refractivity contribution in [2.75, 3.05) is 6.61 Å². The van der Waals surface area contributed by atoms with Crippen molar-refractivity contribution in [2.45, 2.75) is 112 Å². The molecule has 0 aromatic carbocycles. The van der Waals surface area contributed by atoms with Crippen LogP contribution in [0.4, 0.5) is 0 Å². The summed E-state index contributed by atoms with van der Waals surface area (Å²) in [5.41, 5.74) is -0.0632. The fourth-order valence-electron chi connectivity index (χ4n) is 10.8. The molecular weight excluding hydrogens is 440 g/mol. The zero-order chi connectivity index (χ0) is 25.8. The summed E-state index contributed by atoms with van der Waals surface area (Å²) in [6.07, 6.45) is 8.40. The average molecular weight is 489 g/mol. The molecule has 5 nitrogen and oxygen atoms in total. The first-order chi connectivity index (χ1) is 16.1. The minimum atomic E-state index is -0.907. The lowest BCUT2D eigenvalue weighted by Crippen LogP contribution is -2.68. The number of aliphatic hydroxyl groups is 3. The predicted octanol–water partition coefficient (Wildman–Crippen LogP) is 5.18. The molecule has 0 bridgehead atoms. The third kappa shape index (κ3) is 3.07. The molecule has 0 heterocycles. The Hall–Kier alpha value is -0.910. The number of allylic oxidation sites excluding steroid dienone is 2. The van der Waals surface area contributed by atoms with Gasteiger partial charge in [-0.1, -0.05) is 53.2 Å². The van der Waals surface area contributed by atoms with Gasteiger partial charge in [0, 0.05) is 5.41 Å². The quantitative estimate of drug-likeness (QED) is 0.402. The summed E-state index contributed by atoms with van der Waals surface area (Å²) >= 11 is 0. The van der Waals surface area contributed by atoms with Crippen LogP contribution in [0.15, 0.2) is 11.6 Å². The van der Waals surface area contributed by atoms with Crippen molar-refractivity contribution >= 4 is 5.97 Å². The zero-order valence-corrected chi connectivity index (χ0v) is 22.7. The van der Waals surface area contributed by atoms with E-state index in [-0.39, 0.29) is 40.1 Å². The van der Waals surface area contributed by atoms with E-state index in [0.717, 1.165) is 51.4 Å². The predicted molar refractivity (Wildman–Crippen MR) is 135 cm³/mol. The number of carbonyl (C=O) groups is 1. The van der Waals surface area contributed by atoms with E-state index < -0.39 is 29.0 Å². The minimum Gasteiger partial charge on any atom is -0.481 e. The highest BCUT2D eigenvalue weighted by Crippen LogP contribution is 2.75. The maximum atomic E-state index is 12.8. The lowest BCUT2D eigenvalue weighted by Gasteiger charge is -2.71. The molecule has 0 aromatic heterocycles. The maximum Gasteiger partial charge on any atom is 0.310 e. The Balaban J connectivity index is 1.61. The molecule has 0 amide bonds. The van der Waals surface area contributed by atoms with Gasteiger partial charge in [0.15, 0.2) is 0 Å². The van der Waals surface area contributed by atoms with E-state index in [0.29, 0.717) is 12.3 Å². The lowest BCUT2D eigenvalue weighted by atomic mass is 9.33. The van der Waals surface area contributed by atoms with Gasteiger partial charge < -0.3 is 20.4 Å². The second-order valence-corrected chi connectivity index (χ2v) is 15.1.